The minimum atomic E-state index is -0.157. The lowest BCUT2D eigenvalue weighted by atomic mass is 10.1. The Hall–Kier alpha value is -2.84. The van der Waals surface area contributed by atoms with Gasteiger partial charge in [0.25, 0.3) is 5.91 Å². The molecule has 2 aromatic rings. The molecule has 1 saturated carbocycles. The number of rotatable bonds is 7. The zero-order chi connectivity index (χ0) is 17.6. The number of nitrogens with one attached hydrogen (secondary N) is 1. The van der Waals surface area contributed by atoms with E-state index in [-0.39, 0.29) is 18.6 Å². The summed E-state index contributed by atoms with van der Waals surface area (Å²) in [4.78, 5) is 12.5. The van der Waals surface area contributed by atoms with Crippen LogP contribution in [0.4, 0.5) is 0 Å². The van der Waals surface area contributed by atoms with Crippen molar-refractivity contribution in [2.75, 3.05) is 6.61 Å². The van der Waals surface area contributed by atoms with E-state index in [4.69, 9.17) is 15.1 Å². The summed E-state index contributed by atoms with van der Waals surface area (Å²) in [5.74, 6) is 1.49. The van der Waals surface area contributed by atoms with Crippen LogP contribution in [0.2, 0.25) is 0 Å². The van der Waals surface area contributed by atoms with E-state index in [1.165, 1.54) is 0 Å². The second kappa shape index (κ2) is 7.82. The number of carbonyl (C=O) groups is 1. The number of aliphatic hydroxyl groups excluding tert-OH is 1. The van der Waals surface area contributed by atoms with Crippen molar-refractivity contribution in [1.29, 1.82) is 5.26 Å². The normalized spacial score (nSPS) is 14.4. The Morgan fingerprint density at radius 1 is 1.24 bits per heavy atom. The summed E-state index contributed by atoms with van der Waals surface area (Å²) in [5.41, 5.74) is 1.09. The number of ether oxygens (including phenoxy) is 1. The number of nitriles is 1. The smallest absolute Gasteiger partial charge is 0.251 e. The lowest BCUT2D eigenvalue weighted by Gasteiger charge is -2.17. The molecule has 25 heavy (non-hydrogen) atoms. The molecule has 1 amide bonds. The maximum atomic E-state index is 12.5. The lowest BCUT2D eigenvalue weighted by molar-refractivity contribution is 0.0924. The van der Waals surface area contributed by atoms with E-state index in [9.17, 15) is 4.79 Å². The summed E-state index contributed by atoms with van der Waals surface area (Å²) in [5, 5.41) is 21.0. The highest BCUT2D eigenvalue weighted by molar-refractivity contribution is 5.94. The van der Waals surface area contributed by atoms with Gasteiger partial charge in [-0.3, -0.25) is 4.79 Å². The van der Waals surface area contributed by atoms with E-state index >= 15 is 0 Å². The van der Waals surface area contributed by atoms with Gasteiger partial charge in [-0.15, -0.1) is 0 Å². The van der Waals surface area contributed by atoms with Crippen LogP contribution in [-0.2, 0) is 0 Å². The molecule has 5 nitrogen and oxygen atoms in total. The highest BCUT2D eigenvalue weighted by Crippen LogP contribution is 2.34. The first kappa shape index (κ1) is 17.0. The summed E-state index contributed by atoms with van der Waals surface area (Å²) >= 11 is 0. The zero-order valence-electron chi connectivity index (χ0n) is 13.8. The maximum Gasteiger partial charge on any atom is 0.251 e. The monoisotopic (exact) mass is 336 g/mol. The van der Waals surface area contributed by atoms with Crippen molar-refractivity contribution in [3.63, 3.8) is 0 Å². The largest absolute Gasteiger partial charge is 0.457 e. The summed E-state index contributed by atoms with van der Waals surface area (Å²) in [6.07, 6.45) is 2.79. The third-order valence-electron chi connectivity index (χ3n) is 4.26. The molecule has 3 rings (SSSR count). The van der Waals surface area contributed by atoms with Crippen LogP contribution in [0.25, 0.3) is 0 Å². The predicted octanol–water partition coefficient (Wildman–Crippen LogP) is 3.24. The summed E-state index contributed by atoms with van der Waals surface area (Å²) < 4.78 is 5.75. The van der Waals surface area contributed by atoms with Crippen molar-refractivity contribution in [1.82, 2.24) is 5.32 Å². The van der Waals surface area contributed by atoms with Gasteiger partial charge in [0.2, 0.25) is 0 Å². The van der Waals surface area contributed by atoms with Crippen molar-refractivity contribution in [3.05, 3.63) is 59.7 Å². The van der Waals surface area contributed by atoms with Gasteiger partial charge in [-0.2, -0.15) is 5.26 Å². The molecule has 2 aromatic carbocycles. The lowest BCUT2D eigenvalue weighted by Crippen LogP contribution is -2.37. The van der Waals surface area contributed by atoms with Crippen LogP contribution in [0, 0.1) is 17.2 Å². The Balaban J connectivity index is 1.67. The average Bonchev–Trinajstić information content (AvgIpc) is 3.47. The van der Waals surface area contributed by atoms with Crippen molar-refractivity contribution in [3.8, 4) is 17.6 Å². The SMILES string of the molecule is N#Cc1ccc(Oc2cccc(C(=O)NC(CCO)C3CC3)c2)cc1. The molecule has 0 aliphatic heterocycles. The Labute approximate surface area is 146 Å². The molecule has 5 heteroatoms. The Bertz CT molecular complexity index is 776. The highest BCUT2D eigenvalue weighted by Gasteiger charge is 2.31. The highest BCUT2D eigenvalue weighted by atomic mass is 16.5. The third-order valence-corrected chi connectivity index (χ3v) is 4.26. The Kier molecular flexibility index (Phi) is 5.32. The average molecular weight is 336 g/mol. The first-order valence-corrected chi connectivity index (χ1v) is 8.39. The van der Waals surface area contributed by atoms with E-state index in [0.717, 1.165) is 12.8 Å². The van der Waals surface area contributed by atoms with E-state index in [2.05, 4.69) is 11.4 Å². The number of benzene rings is 2. The molecule has 2 N–H and O–H groups in total. The Morgan fingerprint density at radius 2 is 2.00 bits per heavy atom. The van der Waals surface area contributed by atoms with Gasteiger partial charge < -0.3 is 15.2 Å². The van der Waals surface area contributed by atoms with Gasteiger partial charge in [0, 0.05) is 18.2 Å². The molecule has 1 atom stereocenters. The molecular weight excluding hydrogens is 316 g/mol. The van der Waals surface area contributed by atoms with Gasteiger partial charge in [0.05, 0.1) is 11.6 Å². The van der Waals surface area contributed by atoms with Crippen molar-refractivity contribution < 1.29 is 14.6 Å². The third kappa shape index (κ3) is 4.59. The van der Waals surface area contributed by atoms with Crippen LogP contribution in [0.1, 0.15) is 35.2 Å². The fourth-order valence-corrected chi connectivity index (χ4v) is 2.75. The fourth-order valence-electron chi connectivity index (χ4n) is 2.75. The van der Waals surface area contributed by atoms with Crippen LogP contribution < -0.4 is 10.1 Å². The van der Waals surface area contributed by atoms with Gasteiger partial charge >= 0.3 is 0 Å². The topological polar surface area (TPSA) is 82.3 Å². The summed E-state index contributed by atoms with van der Waals surface area (Å²) in [6, 6.07) is 15.9. The van der Waals surface area contributed by atoms with E-state index in [1.54, 1.807) is 48.5 Å². The molecule has 0 heterocycles. The van der Waals surface area contributed by atoms with Gasteiger partial charge in [-0.25, -0.2) is 0 Å². The minimum Gasteiger partial charge on any atom is -0.457 e. The Morgan fingerprint density at radius 3 is 2.64 bits per heavy atom. The van der Waals surface area contributed by atoms with Crippen molar-refractivity contribution in [2.24, 2.45) is 5.92 Å². The molecule has 1 aliphatic carbocycles. The minimum absolute atomic E-state index is 0.0283. The van der Waals surface area contributed by atoms with E-state index in [1.807, 2.05) is 0 Å². The van der Waals surface area contributed by atoms with Gasteiger partial charge in [-0.05, 0) is 67.6 Å². The molecule has 0 spiro atoms. The molecule has 1 fully saturated rings. The van der Waals surface area contributed by atoms with Crippen LogP contribution >= 0.6 is 0 Å². The fraction of sp³-hybridized carbons (Fsp3) is 0.300. The molecule has 0 aromatic heterocycles. The van der Waals surface area contributed by atoms with Crippen LogP contribution in [0.5, 0.6) is 11.5 Å². The molecular formula is C20H20N2O3. The molecule has 0 saturated heterocycles. The predicted molar refractivity (Wildman–Crippen MR) is 93.4 cm³/mol. The van der Waals surface area contributed by atoms with Gasteiger partial charge in [0.1, 0.15) is 11.5 Å². The number of carbonyl (C=O) groups excluding carboxylic acids is 1. The van der Waals surface area contributed by atoms with E-state index < -0.39 is 0 Å². The first-order chi connectivity index (χ1) is 12.2. The van der Waals surface area contributed by atoms with Crippen molar-refractivity contribution >= 4 is 5.91 Å². The molecule has 128 valence electrons. The number of amides is 1. The van der Waals surface area contributed by atoms with E-state index in [0.29, 0.717) is 35.0 Å². The standard InChI is InChI=1S/C20H20N2O3/c21-13-14-4-8-17(9-5-14)25-18-3-1-2-16(12-18)20(24)22-19(10-11-23)15-6-7-15/h1-5,8-9,12,15,19,23H,6-7,10-11H2,(H,22,24). The van der Waals surface area contributed by atoms with Crippen LogP contribution in [-0.4, -0.2) is 23.7 Å². The quantitative estimate of drug-likeness (QED) is 0.813. The number of nitrogens with zero attached hydrogens (tertiary/aromatic N) is 1. The molecule has 1 aliphatic rings. The second-order valence-corrected chi connectivity index (χ2v) is 6.20. The zero-order valence-corrected chi connectivity index (χ0v) is 13.8. The second-order valence-electron chi connectivity index (χ2n) is 6.20. The van der Waals surface area contributed by atoms with Gasteiger partial charge in [-0.1, -0.05) is 6.07 Å². The van der Waals surface area contributed by atoms with Crippen molar-refractivity contribution in [2.45, 2.75) is 25.3 Å². The number of hydrogen-bond donors (Lipinski definition) is 2. The molecule has 0 bridgehead atoms. The summed E-state index contributed by atoms with van der Waals surface area (Å²) in [7, 11) is 0. The number of aliphatic hydroxyl groups is 1. The summed E-state index contributed by atoms with van der Waals surface area (Å²) in [6.45, 7) is 0.0727. The first-order valence-electron chi connectivity index (χ1n) is 8.39. The number of hydrogen-bond acceptors (Lipinski definition) is 4. The molecule has 0 radical (unpaired) electrons. The van der Waals surface area contributed by atoms with Crippen LogP contribution in [0.3, 0.4) is 0 Å². The van der Waals surface area contributed by atoms with Gasteiger partial charge in [0.15, 0.2) is 0 Å². The van der Waals surface area contributed by atoms with Crippen LogP contribution in [0.15, 0.2) is 48.5 Å². The maximum absolute atomic E-state index is 12.5. The molecule has 1 unspecified atom stereocenters.